The molecule has 0 bridgehead atoms. The lowest BCUT2D eigenvalue weighted by Crippen LogP contribution is -2.24. The Morgan fingerprint density at radius 1 is 0.939 bits per heavy atom. The number of hydrogen-bond donors (Lipinski definition) is 2. The molecule has 1 heterocycles. The van der Waals surface area contributed by atoms with Crippen molar-refractivity contribution in [2.45, 2.75) is 61.3 Å². The van der Waals surface area contributed by atoms with Gasteiger partial charge in [-0.25, -0.2) is 0 Å². The van der Waals surface area contributed by atoms with Crippen molar-refractivity contribution in [1.82, 2.24) is 5.32 Å². The molecular formula is C30H43N3. The van der Waals surface area contributed by atoms with E-state index in [1.54, 1.807) is 0 Å². The highest BCUT2D eigenvalue weighted by Crippen LogP contribution is 2.27. The normalized spacial score (nSPS) is 12.2. The summed E-state index contributed by atoms with van der Waals surface area (Å²) in [5.74, 6) is 1.61. The van der Waals surface area contributed by atoms with Crippen LogP contribution in [0, 0.1) is 12.3 Å². The van der Waals surface area contributed by atoms with Crippen LogP contribution >= 0.6 is 0 Å². The van der Waals surface area contributed by atoms with Crippen molar-refractivity contribution in [3.63, 3.8) is 0 Å². The summed E-state index contributed by atoms with van der Waals surface area (Å²) in [6.45, 7) is 23.4. The molecule has 0 amide bonds. The van der Waals surface area contributed by atoms with Crippen LogP contribution in [-0.4, -0.2) is 12.4 Å². The van der Waals surface area contributed by atoms with E-state index in [0.29, 0.717) is 0 Å². The number of rotatable bonds is 6. The van der Waals surface area contributed by atoms with Crippen molar-refractivity contribution in [3.8, 4) is 0 Å². The van der Waals surface area contributed by atoms with Gasteiger partial charge in [-0.05, 0) is 61.4 Å². The second kappa shape index (κ2) is 14.2. The Balaban J connectivity index is 0.000000354. The largest absolute Gasteiger partial charge is 0.342 e. The van der Waals surface area contributed by atoms with Gasteiger partial charge in [-0.3, -0.25) is 4.99 Å². The fourth-order valence-electron chi connectivity index (χ4n) is 2.96. The molecule has 0 saturated carbocycles. The maximum Gasteiger partial charge on any atom is 0.126 e. The Morgan fingerprint density at radius 3 is 2.06 bits per heavy atom. The highest BCUT2D eigenvalue weighted by Gasteiger charge is 2.20. The first-order valence-corrected chi connectivity index (χ1v) is 11.9. The standard InChI is InChI=1S/C17H23N3.C11H14.C2H6/c1-12-6-8-15(9-7-12)19-13(2)20-16-10-14(11-18-16)17(3,4)5;1-10(2)8-9-11-6-4-3-5-7-11;1-2/h6-10,19H,2,11H2,1,3-5H3,(H,18,20);3-7H,1,8-9H2,2H3;1-2H3. The molecule has 1 aliphatic heterocycles. The number of anilines is 1. The molecule has 178 valence electrons. The zero-order chi connectivity index (χ0) is 24.9. The molecule has 1 aliphatic rings. The Hall–Kier alpha value is -3.07. The summed E-state index contributed by atoms with van der Waals surface area (Å²) < 4.78 is 0. The van der Waals surface area contributed by atoms with Crippen LogP contribution in [-0.2, 0) is 6.42 Å². The molecule has 3 heteroatoms. The van der Waals surface area contributed by atoms with E-state index in [-0.39, 0.29) is 5.41 Å². The maximum absolute atomic E-state index is 4.49. The van der Waals surface area contributed by atoms with Gasteiger partial charge in [0.15, 0.2) is 0 Å². The van der Waals surface area contributed by atoms with Gasteiger partial charge < -0.3 is 10.6 Å². The van der Waals surface area contributed by atoms with E-state index < -0.39 is 0 Å². The molecule has 0 aliphatic carbocycles. The zero-order valence-corrected chi connectivity index (χ0v) is 21.8. The first-order chi connectivity index (χ1) is 15.6. The topological polar surface area (TPSA) is 36.4 Å². The molecule has 0 aromatic heterocycles. The molecule has 2 aromatic carbocycles. The molecule has 0 unspecified atom stereocenters. The minimum Gasteiger partial charge on any atom is -0.342 e. The lowest BCUT2D eigenvalue weighted by atomic mass is 9.87. The van der Waals surface area contributed by atoms with E-state index in [0.717, 1.165) is 36.7 Å². The number of amidine groups is 1. The molecule has 0 spiro atoms. The smallest absolute Gasteiger partial charge is 0.126 e. The van der Waals surface area contributed by atoms with Gasteiger partial charge in [0, 0.05) is 5.69 Å². The van der Waals surface area contributed by atoms with Crippen LogP contribution in [0.15, 0.2) is 95.8 Å². The van der Waals surface area contributed by atoms with Crippen LogP contribution < -0.4 is 10.6 Å². The summed E-state index contributed by atoms with van der Waals surface area (Å²) in [6, 6.07) is 18.7. The quantitative estimate of drug-likeness (QED) is 0.441. The number of aliphatic imine (C=N–C) groups is 1. The highest BCUT2D eigenvalue weighted by molar-refractivity contribution is 5.97. The summed E-state index contributed by atoms with van der Waals surface area (Å²) >= 11 is 0. The van der Waals surface area contributed by atoms with Crippen LogP contribution in [0.2, 0.25) is 0 Å². The van der Waals surface area contributed by atoms with Gasteiger partial charge >= 0.3 is 0 Å². The van der Waals surface area contributed by atoms with Crippen LogP contribution in [0.25, 0.3) is 0 Å². The number of aryl methyl sites for hydroxylation is 2. The number of nitrogens with zero attached hydrogens (tertiary/aromatic N) is 1. The third-order valence-electron chi connectivity index (χ3n) is 5.00. The van der Waals surface area contributed by atoms with E-state index in [9.17, 15) is 0 Å². The van der Waals surface area contributed by atoms with E-state index >= 15 is 0 Å². The third-order valence-corrected chi connectivity index (χ3v) is 5.00. The molecule has 0 atom stereocenters. The Bertz CT molecular complexity index is 927. The number of benzene rings is 2. The van der Waals surface area contributed by atoms with Gasteiger partial charge in [0.2, 0.25) is 0 Å². The van der Waals surface area contributed by atoms with Gasteiger partial charge in [-0.1, -0.05) is 94.8 Å². The molecule has 0 saturated heterocycles. The van der Waals surface area contributed by atoms with Crippen molar-refractivity contribution in [1.29, 1.82) is 0 Å². The molecule has 0 radical (unpaired) electrons. The minimum absolute atomic E-state index is 0.165. The third kappa shape index (κ3) is 11.4. The highest BCUT2D eigenvalue weighted by atomic mass is 15.1. The Kier molecular flexibility index (Phi) is 12.0. The fraction of sp³-hybridized carbons (Fsp3) is 0.367. The molecule has 2 N–H and O–H groups in total. The number of nitrogens with one attached hydrogen (secondary N) is 2. The van der Waals surface area contributed by atoms with E-state index in [2.05, 4.69) is 106 Å². The van der Waals surface area contributed by atoms with Crippen molar-refractivity contribution < 1.29 is 0 Å². The predicted octanol–water partition coefficient (Wildman–Crippen LogP) is 8.07. The van der Waals surface area contributed by atoms with Gasteiger partial charge in [0.1, 0.15) is 11.7 Å². The Morgan fingerprint density at radius 2 is 1.55 bits per heavy atom. The predicted molar refractivity (Wildman–Crippen MR) is 148 cm³/mol. The lowest BCUT2D eigenvalue weighted by Gasteiger charge is -2.18. The van der Waals surface area contributed by atoms with Gasteiger partial charge in [0.25, 0.3) is 0 Å². The summed E-state index contributed by atoms with van der Waals surface area (Å²) in [6.07, 6.45) is 4.34. The molecule has 3 nitrogen and oxygen atoms in total. The maximum atomic E-state index is 4.49. The van der Waals surface area contributed by atoms with E-state index in [1.165, 1.54) is 22.3 Å². The van der Waals surface area contributed by atoms with Crippen LogP contribution in [0.1, 0.15) is 59.1 Å². The Labute approximate surface area is 202 Å². The van der Waals surface area contributed by atoms with Crippen LogP contribution in [0.3, 0.4) is 0 Å². The monoisotopic (exact) mass is 445 g/mol. The van der Waals surface area contributed by atoms with Gasteiger partial charge in [0.05, 0.1) is 6.54 Å². The molecule has 2 aromatic rings. The first kappa shape index (κ1) is 28.0. The first-order valence-electron chi connectivity index (χ1n) is 11.9. The average Bonchev–Trinajstić information content (AvgIpc) is 3.25. The van der Waals surface area contributed by atoms with Crippen molar-refractivity contribution >= 4 is 11.5 Å². The molecule has 33 heavy (non-hydrogen) atoms. The summed E-state index contributed by atoms with van der Waals surface area (Å²) in [7, 11) is 0. The fourth-order valence-corrected chi connectivity index (χ4v) is 2.96. The molecular weight excluding hydrogens is 402 g/mol. The zero-order valence-electron chi connectivity index (χ0n) is 21.8. The molecule has 3 rings (SSSR count). The van der Waals surface area contributed by atoms with Crippen molar-refractivity contribution in [2.75, 3.05) is 11.9 Å². The summed E-state index contributed by atoms with van der Waals surface area (Å²) in [5, 5.41) is 6.45. The average molecular weight is 446 g/mol. The van der Waals surface area contributed by atoms with Crippen LogP contribution in [0.4, 0.5) is 5.69 Å². The second-order valence-electron chi connectivity index (χ2n) is 9.16. The van der Waals surface area contributed by atoms with Crippen LogP contribution in [0.5, 0.6) is 0 Å². The van der Waals surface area contributed by atoms with E-state index in [1.807, 2.05) is 32.0 Å². The SMILES string of the molecule is C=C(C)CCc1ccccc1.C=C(NC1=NCC(C(C)(C)C)=C1)Nc1ccc(C)cc1.CC. The molecule has 0 fully saturated rings. The van der Waals surface area contributed by atoms with E-state index in [4.69, 9.17) is 0 Å². The van der Waals surface area contributed by atoms with Crippen molar-refractivity contribution in [2.24, 2.45) is 10.4 Å². The van der Waals surface area contributed by atoms with Gasteiger partial charge in [-0.15, -0.1) is 6.58 Å². The summed E-state index contributed by atoms with van der Waals surface area (Å²) in [4.78, 5) is 4.49. The summed E-state index contributed by atoms with van der Waals surface area (Å²) in [5.41, 5.74) is 6.42. The lowest BCUT2D eigenvalue weighted by molar-refractivity contribution is 0.499. The van der Waals surface area contributed by atoms with Gasteiger partial charge in [-0.2, -0.15) is 0 Å². The second-order valence-corrected chi connectivity index (χ2v) is 9.16. The number of allylic oxidation sites excluding steroid dienone is 1. The van der Waals surface area contributed by atoms with Crippen molar-refractivity contribution in [3.05, 3.63) is 102 Å². The minimum atomic E-state index is 0.165. The number of hydrogen-bond acceptors (Lipinski definition) is 3.